The van der Waals surface area contributed by atoms with E-state index in [4.69, 9.17) is 5.73 Å². The zero-order valence-electron chi connectivity index (χ0n) is 16.5. The number of rotatable bonds is 6. The maximum atomic E-state index is 12.1. The van der Waals surface area contributed by atoms with Gasteiger partial charge in [0.1, 0.15) is 5.82 Å². The molecular weight excluding hydrogens is 421 g/mol. The van der Waals surface area contributed by atoms with Gasteiger partial charge in [-0.2, -0.15) is 0 Å². The second kappa shape index (κ2) is 13.4. The fourth-order valence-corrected chi connectivity index (χ4v) is 3.83. The second-order valence-corrected chi connectivity index (χ2v) is 7.28. The molecule has 28 heavy (non-hydrogen) atoms. The van der Waals surface area contributed by atoms with Crippen LogP contribution in [-0.2, 0) is 11.3 Å². The molecule has 0 aromatic carbocycles. The SMILES string of the molecule is CCN1CCN(c2ccc(CNC(=O)C[C@@H]3CCC[C@H]3N)cn2)CC1.Cl.Cl.Cl. The van der Waals surface area contributed by atoms with Crippen LogP contribution in [0.2, 0.25) is 0 Å². The Labute approximate surface area is 187 Å². The molecule has 1 amide bonds. The van der Waals surface area contributed by atoms with E-state index in [-0.39, 0.29) is 49.2 Å². The third-order valence-corrected chi connectivity index (χ3v) is 5.61. The first-order valence-corrected chi connectivity index (χ1v) is 9.60. The van der Waals surface area contributed by atoms with Gasteiger partial charge in [-0.1, -0.05) is 19.4 Å². The van der Waals surface area contributed by atoms with Gasteiger partial charge in [0.15, 0.2) is 0 Å². The largest absolute Gasteiger partial charge is 0.354 e. The molecule has 2 heterocycles. The number of anilines is 1. The molecule has 0 spiro atoms. The Hall–Kier alpha value is -0.790. The van der Waals surface area contributed by atoms with Crippen molar-refractivity contribution in [3.8, 4) is 0 Å². The number of likely N-dealkylation sites (N-methyl/N-ethyl adjacent to an activating group) is 1. The van der Waals surface area contributed by atoms with Crippen molar-refractivity contribution in [2.45, 2.75) is 45.2 Å². The Bertz CT molecular complexity index is 567. The molecule has 3 N–H and O–H groups in total. The summed E-state index contributed by atoms with van der Waals surface area (Å²) in [7, 11) is 0. The minimum absolute atomic E-state index is 0. The van der Waals surface area contributed by atoms with E-state index in [1.807, 2.05) is 6.20 Å². The molecule has 9 heteroatoms. The lowest BCUT2D eigenvalue weighted by atomic mass is 10.00. The molecule has 162 valence electrons. The summed E-state index contributed by atoms with van der Waals surface area (Å²) in [4.78, 5) is 21.5. The molecule has 0 bridgehead atoms. The summed E-state index contributed by atoms with van der Waals surface area (Å²) in [6.45, 7) is 8.11. The molecular formula is C19H34Cl3N5O. The number of piperazine rings is 1. The molecule has 6 nitrogen and oxygen atoms in total. The Balaban J connectivity index is 0.00000243. The maximum absolute atomic E-state index is 12.1. The van der Waals surface area contributed by atoms with Gasteiger partial charge in [0.05, 0.1) is 0 Å². The average Bonchev–Trinajstić information content (AvgIpc) is 3.05. The predicted molar refractivity (Wildman–Crippen MR) is 122 cm³/mol. The highest BCUT2D eigenvalue weighted by Crippen LogP contribution is 2.26. The normalized spacial score (nSPS) is 21.9. The summed E-state index contributed by atoms with van der Waals surface area (Å²) in [5, 5.41) is 3.00. The molecule has 1 saturated carbocycles. The van der Waals surface area contributed by atoms with Crippen molar-refractivity contribution < 1.29 is 4.79 Å². The summed E-state index contributed by atoms with van der Waals surface area (Å²) < 4.78 is 0. The van der Waals surface area contributed by atoms with E-state index in [0.717, 1.165) is 63.4 Å². The van der Waals surface area contributed by atoms with Gasteiger partial charge in [-0.25, -0.2) is 4.98 Å². The van der Waals surface area contributed by atoms with Gasteiger partial charge in [0.25, 0.3) is 0 Å². The third kappa shape index (κ3) is 7.56. The number of carbonyl (C=O) groups excluding carboxylic acids is 1. The number of aromatic nitrogens is 1. The van der Waals surface area contributed by atoms with Gasteiger partial charge >= 0.3 is 0 Å². The lowest BCUT2D eigenvalue weighted by molar-refractivity contribution is -0.122. The molecule has 1 aliphatic carbocycles. The third-order valence-electron chi connectivity index (χ3n) is 5.61. The Kier molecular flexibility index (Phi) is 13.1. The summed E-state index contributed by atoms with van der Waals surface area (Å²) in [5.74, 6) is 1.48. The molecule has 0 radical (unpaired) electrons. The molecule has 2 fully saturated rings. The number of pyridine rings is 1. The fourth-order valence-electron chi connectivity index (χ4n) is 3.83. The van der Waals surface area contributed by atoms with E-state index in [9.17, 15) is 4.79 Å². The summed E-state index contributed by atoms with van der Waals surface area (Å²) >= 11 is 0. The second-order valence-electron chi connectivity index (χ2n) is 7.28. The number of carbonyl (C=O) groups is 1. The van der Waals surface area contributed by atoms with Crippen molar-refractivity contribution in [3.63, 3.8) is 0 Å². The first kappa shape index (κ1) is 27.2. The standard InChI is InChI=1S/C19H31N5O.3ClH/c1-2-23-8-10-24(11-9-23)18-7-6-15(13-21-18)14-22-19(25)12-16-4-3-5-17(16)20;;;/h6-7,13,16-17H,2-5,8-12,14,20H2,1H3,(H,22,25);3*1H/t16-,17+;;;/m0.../s1. The van der Waals surface area contributed by atoms with Crippen LogP contribution in [0, 0.1) is 5.92 Å². The topological polar surface area (TPSA) is 74.5 Å². The monoisotopic (exact) mass is 453 g/mol. The summed E-state index contributed by atoms with van der Waals surface area (Å²) in [6.07, 6.45) is 5.71. The predicted octanol–water partition coefficient (Wildman–Crippen LogP) is 2.62. The van der Waals surface area contributed by atoms with Crippen molar-refractivity contribution >= 4 is 48.9 Å². The van der Waals surface area contributed by atoms with Crippen LogP contribution in [0.5, 0.6) is 0 Å². The van der Waals surface area contributed by atoms with Gasteiger partial charge in [-0.05, 0) is 36.9 Å². The number of hydrogen-bond acceptors (Lipinski definition) is 5. The highest BCUT2D eigenvalue weighted by atomic mass is 35.5. The molecule has 1 aromatic heterocycles. The Morgan fingerprint density at radius 1 is 1.18 bits per heavy atom. The fraction of sp³-hybridized carbons (Fsp3) is 0.684. The summed E-state index contributed by atoms with van der Waals surface area (Å²) in [5.41, 5.74) is 7.08. The highest BCUT2D eigenvalue weighted by Gasteiger charge is 2.25. The van der Waals surface area contributed by atoms with Gasteiger partial charge < -0.3 is 20.9 Å². The molecule has 1 aliphatic heterocycles. The number of hydrogen-bond donors (Lipinski definition) is 2. The van der Waals surface area contributed by atoms with E-state index >= 15 is 0 Å². The van der Waals surface area contributed by atoms with Crippen LogP contribution in [0.4, 0.5) is 5.82 Å². The molecule has 2 aliphatic rings. The van der Waals surface area contributed by atoms with Crippen LogP contribution in [0.15, 0.2) is 18.3 Å². The summed E-state index contributed by atoms with van der Waals surface area (Å²) in [6, 6.07) is 4.33. The van der Waals surface area contributed by atoms with Crippen molar-refractivity contribution in [1.82, 2.24) is 15.2 Å². The number of halogens is 3. The van der Waals surface area contributed by atoms with Crippen LogP contribution in [0.25, 0.3) is 0 Å². The van der Waals surface area contributed by atoms with Gasteiger partial charge in [-0.15, -0.1) is 37.2 Å². The van der Waals surface area contributed by atoms with Gasteiger partial charge in [0.2, 0.25) is 5.91 Å². The Morgan fingerprint density at radius 3 is 2.43 bits per heavy atom. The Morgan fingerprint density at radius 2 is 1.89 bits per heavy atom. The van der Waals surface area contributed by atoms with Crippen LogP contribution >= 0.6 is 37.2 Å². The van der Waals surface area contributed by atoms with E-state index in [2.05, 4.69) is 39.2 Å². The first-order chi connectivity index (χ1) is 12.2. The quantitative estimate of drug-likeness (QED) is 0.691. The van der Waals surface area contributed by atoms with E-state index in [1.165, 1.54) is 0 Å². The van der Waals surface area contributed by atoms with Crippen molar-refractivity contribution in [1.29, 1.82) is 0 Å². The number of nitrogens with one attached hydrogen (secondary N) is 1. The average molecular weight is 455 g/mol. The van der Waals surface area contributed by atoms with E-state index < -0.39 is 0 Å². The van der Waals surface area contributed by atoms with Gasteiger partial charge in [-0.3, -0.25) is 4.79 Å². The van der Waals surface area contributed by atoms with E-state index in [1.54, 1.807) is 0 Å². The zero-order chi connectivity index (χ0) is 17.6. The minimum atomic E-state index is 0. The van der Waals surface area contributed by atoms with E-state index in [0.29, 0.717) is 18.9 Å². The molecule has 1 aromatic rings. The smallest absolute Gasteiger partial charge is 0.220 e. The minimum Gasteiger partial charge on any atom is -0.354 e. The number of amides is 1. The molecule has 2 atom stereocenters. The van der Waals surface area contributed by atoms with Gasteiger partial charge in [0, 0.05) is 51.4 Å². The van der Waals surface area contributed by atoms with Crippen LogP contribution in [-0.4, -0.2) is 54.6 Å². The van der Waals surface area contributed by atoms with Crippen molar-refractivity contribution in [3.05, 3.63) is 23.9 Å². The van der Waals surface area contributed by atoms with Crippen LogP contribution in [0.1, 0.15) is 38.2 Å². The lowest BCUT2D eigenvalue weighted by Crippen LogP contribution is -2.46. The van der Waals surface area contributed by atoms with Crippen molar-refractivity contribution in [2.24, 2.45) is 11.7 Å². The highest BCUT2D eigenvalue weighted by molar-refractivity contribution is 5.86. The zero-order valence-corrected chi connectivity index (χ0v) is 19.0. The first-order valence-electron chi connectivity index (χ1n) is 9.60. The van der Waals surface area contributed by atoms with Crippen LogP contribution in [0.3, 0.4) is 0 Å². The van der Waals surface area contributed by atoms with Crippen molar-refractivity contribution in [2.75, 3.05) is 37.6 Å². The van der Waals surface area contributed by atoms with Crippen LogP contribution < -0.4 is 16.0 Å². The number of nitrogens with two attached hydrogens (primary N) is 1. The number of nitrogens with zero attached hydrogens (tertiary/aromatic N) is 3. The molecule has 0 unspecified atom stereocenters. The molecule has 3 rings (SSSR count). The lowest BCUT2D eigenvalue weighted by Gasteiger charge is -2.34. The molecule has 1 saturated heterocycles. The maximum Gasteiger partial charge on any atom is 0.220 e.